The van der Waals surface area contributed by atoms with Crippen LogP contribution in [0.3, 0.4) is 0 Å². The largest absolute Gasteiger partial charge is 0.445 e. The van der Waals surface area contributed by atoms with E-state index in [9.17, 15) is 14.0 Å². The van der Waals surface area contributed by atoms with Crippen LogP contribution in [0.2, 0.25) is 0 Å². The molecule has 1 fully saturated rings. The zero-order valence-electron chi connectivity index (χ0n) is 22.7. The number of alkyl carbamates (subject to hydrolysis) is 1. The second-order valence-corrected chi connectivity index (χ2v) is 10.7. The monoisotopic (exact) mass is 548 g/mol. The molecule has 2 atom stereocenters. The number of nitrogens with one attached hydrogen (secondary N) is 1. The Morgan fingerprint density at radius 2 is 1.59 bits per heavy atom. The maximum atomic E-state index is 14.1. The molecule has 1 aromatic heterocycles. The summed E-state index contributed by atoms with van der Waals surface area (Å²) in [6.45, 7) is 3.82. The normalized spacial score (nSPS) is 18.0. The van der Waals surface area contributed by atoms with Crippen molar-refractivity contribution in [2.24, 2.45) is 5.41 Å². The Morgan fingerprint density at radius 1 is 0.927 bits per heavy atom. The van der Waals surface area contributed by atoms with Gasteiger partial charge in [-0.25, -0.2) is 13.9 Å². The molecule has 1 N–H and O–H groups in total. The minimum absolute atomic E-state index is 0.120. The molecule has 0 aliphatic carbocycles. The second kappa shape index (κ2) is 10.5. The van der Waals surface area contributed by atoms with Crippen molar-refractivity contribution in [1.29, 1.82) is 0 Å². The first-order chi connectivity index (χ1) is 19.8. The third kappa shape index (κ3) is 4.93. The van der Waals surface area contributed by atoms with E-state index in [0.717, 1.165) is 27.7 Å². The molecule has 7 nitrogen and oxygen atoms in total. The summed E-state index contributed by atoms with van der Waals surface area (Å²) >= 11 is 0. The zero-order chi connectivity index (χ0) is 28.6. The van der Waals surface area contributed by atoms with Crippen molar-refractivity contribution in [1.82, 2.24) is 15.1 Å². The Bertz CT molecular complexity index is 1700. The van der Waals surface area contributed by atoms with Gasteiger partial charge in [-0.05, 0) is 67.4 Å². The molecule has 1 aliphatic rings. The maximum Gasteiger partial charge on any atom is 0.407 e. The predicted octanol–water partition coefficient (Wildman–Crippen LogP) is 6.57. The number of halogens is 1. The van der Waals surface area contributed by atoms with Crippen LogP contribution in [0.5, 0.6) is 0 Å². The van der Waals surface area contributed by atoms with Gasteiger partial charge in [0.15, 0.2) is 0 Å². The first-order valence-corrected chi connectivity index (χ1v) is 13.4. The molecular weight excluding hydrogens is 519 g/mol. The average molecular weight is 549 g/mol. The van der Waals surface area contributed by atoms with E-state index in [1.807, 2.05) is 92.7 Å². The van der Waals surface area contributed by atoms with Crippen LogP contribution in [0.4, 0.5) is 14.9 Å². The van der Waals surface area contributed by atoms with Gasteiger partial charge in [0.1, 0.15) is 12.4 Å². The third-order valence-electron chi connectivity index (χ3n) is 7.67. The van der Waals surface area contributed by atoms with Crippen LogP contribution in [-0.2, 0) is 16.1 Å². The van der Waals surface area contributed by atoms with Crippen molar-refractivity contribution in [3.8, 4) is 5.69 Å². The van der Waals surface area contributed by atoms with E-state index in [1.165, 1.54) is 12.1 Å². The molecule has 0 saturated carbocycles. The van der Waals surface area contributed by atoms with Gasteiger partial charge in [-0.2, -0.15) is 5.10 Å². The van der Waals surface area contributed by atoms with Crippen LogP contribution in [0.15, 0.2) is 109 Å². The van der Waals surface area contributed by atoms with Gasteiger partial charge in [-0.3, -0.25) is 4.79 Å². The number of nitrogens with zero attached hydrogens (tertiary/aromatic N) is 3. The molecule has 6 rings (SSSR count). The number of rotatable bonds is 6. The van der Waals surface area contributed by atoms with Crippen LogP contribution >= 0.6 is 0 Å². The molecule has 41 heavy (non-hydrogen) atoms. The molecule has 4 aromatic carbocycles. The van der Waals surface area contributed by atoms with Crippen molar-refractivity contribution in [3.05, 3.63) is 126 Å². The Morgan fingerprint density at radius 3 is 2.29 bits per heavy atom. The number of benzene rings is 4. The van der Waals surface area contributed by atoms with Crippen molar-refractivity contribution >= 4 is 28.6 Å². The van der Waals surface area contributed by atoms with Crippen LogP contribution in [0, 0.1) is 11.2 Å². The predicted molar refractivity (Wildman–Crippen MR) is 155 cm³/mol. The Balaban J connectivity index is 1.34. The fourth-order valence-electron chi connectivity index (χ4n) is 5.49. The number of anilines is 1. The van der Waals surface area contributed by atoms with Crippen molar-refractivity contribution in [2.45, 2.75) is 32.5 Å². The first-order valence-electron chi connectivity index (χ1n) is 13.4. The molecule has 0 spiro atoms. The second-order valence-electron chi connectivity index (χ2n) is 10.7. The van der Waals surface area contributed by atoms with Crippen LogP contribution in [-0.4, -0.2) is 27.8 Å². The summed E-state index contributed by atoms with van der Waals surface area (Å²) in [5, 5.41) is 8.34. The van der Waals surface area contributed by atoms with Gasteiger partial charge in [0.05, 0.1) is 34.9 Å². The standard InChI is InChI=1S/C33H29FN4O3/c1-33(2)30(36-32(40)41-21-22-9-5-3-6-10-22)29(23-11-7-4-8-12-23)37(31(33)39)27-17-18-28-24(19-27)20-35-38(28)26-15-13-25(34)14-16-26/h3-20,29-30H,21H2,1-2H3,(H,36,40)/t29-,30-/m0/s1. The summed E-state index contributed by atoms with van der Waals surface area (Å²) in [6.07, 6.45) is 1.14. The van der Waals surface area contributed by atoms with Gasteiger partial charge in [-0.1, -0.05) is 60.7 Å². The highest BCUT2D eigenvalue weighted by Crippen LogP contribution is 2.47. The summed E-state index contributed by atoms with van der Waals surface area (Å²) in [5.41, 5.74) is 3.07. The van der Waals surface area contributed by atoms with Crippen LogP contribution in [0.25, 0.3) is 16.6 Å². The highest BCUT2D eigenvalue weighted by Gasteiger charge is 2.55. The quantitative estimate of drug-likeness (QED) is 0.260. The summed E-state index contributed by atoms with van der Waals surface area (Å²) in [7, 11) is 0. The lowest BCUT2D eigenvalue weighted by atomic mass is 9.82. The molecule has 206 valence electrons. The first kappa shape index (κ1) is 26.3. The lowest BCUT2D eigenvalue weighted by Crippen LogP contribution is -2.46. The van der Waals surface area contributed by atoms with Crippen molar-refractivity contribution < 1.29 is 18.7 Å². The van der Waals surface area contributed by atoms with E-state index in [1.54, 1.807) is 27.9 Å². The Labute approximate surface area is 237 Å². The molecule has 1 saturated heterocycles. The molecule has 0 bridgehead atoms. The highest BCUT2D eigenvalue weighted by atomic mass is 19.1. The molecule has 0 radical (unpaired) electrons. The zero-order valence-corrected chi connectivity index (χ0v) is 22.7. The van der Waals surface area contributed by atoms with Crippen LogP contribution < -0.4 is 10.2 Å². The Hall–Kier alpha value is -4.98. The number of aromatic nitrogens is 2. The third-order valence-corrected chi connectivity index (χ3v) is 7.67. The Kier molecular flexibility index (Phi) is 6.75. The maximum absolute atomic E-state index is 14.1. The summed E-state index contributed by atoms with van der Waals surface area (Å²) in [4.78, 5) is 28.8. The van der Waals surface area contributed by atoms with Gasteiger partial charge in [0.25, 0.3) is 0 Å². The number of ether oxygens (including phenoxy) is 1. The van der Waals surface area contributed by atoms with Gasteiger partial charge in [0, 0.05) is 11.1 Å². The lowest BCUT2D eigenvalue weighted by Gasteiger charge is -2.30. The van der Waals surface area contributed by atoms with E-state index in [0.29, 0.717) is 5.69 Å². The summed E-state index contributed by atoms with van der Waals surface area (Å²) in [6, 6.07) is 29.9. The lowest BCUT2D eigenvalue weighted by molar-refractivity contribution is -0.124. The fourth-order valence-corrected chi connectivity index (χ4v) is 5.49. The van der Waals surface area contributed by atoms with Crippen LogP contribution in [0.1, 0.15) is 31.0 Å². The smallest absolute Gasteiger partial charge is 0.407 e. The number of amides is 2. The van der Waals surface area contributed by atoms with Gasteiger partial charge in [0.2, 0.25) is 5.91 Å². The molecule has 0 unspecified atom stereocenters. The minimum Gasteiger partial charge on any atom is -0.445 e. The number of hydrogen-bond donors (Lipinski definition) is 1. The van der Waals surface area contributed by atoms with E-state index in [4.69, 9.17) is 4.74 Å². The summed E-state index contributed by atoms with van der Waals surface area (Å²) < 4.78 is 20.7. The highest BCUT2D eigenvalue weighted by molar-refractivity contribution is 6.03. The van der Waals surface area contributed by atoms with Crippen molar-refractivity contribution in [2.75, 3.05) is 4.90 Å². The average Bonchev–Trinajstić information content (AvgIpc) is 3.49. The molecule has 2 heterocycles. The van der Waals surface area contributed by atoms with E-state index < -0.39 is 23.6 Å². The van der Waals surface area contributed by atoms with Crippen molar-refractivity contribution in [3.63, 3.8) is 0 Å². The number of hydrogen-bond acceptors (Lipinski definition) is 4. The fraction of sp³-hybridized carbons (Fsp3) is 0.182. The topological polar surface area (TPSA) is 76.5 Å². The molecule has 5 aromatic rings. The van der Waals surface area contributed by atoms with Gasteiger partial charge < -0.3 is 15.0 Å². The molecule has 8 heteroatoms. The van der Waals surface area contributed by atoms with Gasteiger partial charge >= 0.3 is 6.09 Å². The van der Waals surface area contributed by atoms with E-state index in [-0.39, 0.29) is 18.3 Å². The number of carbonyl (C=O) groups is 2. The summed E-state index contributed by atoms with van der Waals surface area (Å²) in [5.74, 6) is -0.438. The van der Waals surface area contributed by atoms with E-state index >= 15 is 0 Å². The number of fused-ring (bicyclic) bond motifs is 1. The number of carbonyl (C=O) groups excluding carboxylic acids is 2. The van der Waals surface area contributed by atoms with E-state index in [2.05, 4.69) is 10.4 Å². The molecular formula is C33H29FN4O3. The SMILES string of the molecule is CC1(C)C(=O)N(c2ccc3c(cnn3-c3ccc(F)cc3)c2)[C@@H](c2ccccc2)[C@@H]1NC(=O)OCc1ccccc1. The minimum atomic E-state index is -0.931. The molecule has 2 amide bonds. The molecule has 1 aliphatic heterocycles. The van der Waals surface area contributed by atoms with Gasteiger partial charge in [-0.15, -0.1) is 0 Å².